The minimum Gasteiger partial charge on any atom is -0.472 e. The van der Waals surface area contributed by atoms with Crippen molar-refractivity contribution in [1.82, 2.24) is 4.98 Å². The highest BCUT2D eigenvalue weighted by Crippen LogP contribution is 2.30. The van der Waals surface area contributed by atoms with Crippen LogP contribution in [0.2, 0.25) is 0 Å². The summed E-state index contributed by atoms with van der Waals surface area (Å²) in [6.45, 7) is 0.582. The van der Waals surface area contributed by atoms with Crippen LogP contribution in [0.15, 0.2) is 53.6 Å². The molecule has 3 rings (SSSR count). The standard InChI is InChI=1S/C14H11N3O3/c18-17(19)14-2-1-13(12-8-15-5-3-11(12)14)16-7-10-4-6-20-9-10/h1-6,8-9,16H,7H2. The number of aromatic nitrogens is 1. The predicted octanol–water partition coefficient (Wildman–Crippen LogP) is 3.35. The summed E-state index contributed by atoms with van der Waals surface area (Å²) < 4.78 is 5.00. The molecular formula is C14H11N3O3. The number of furan rings is 1. The average molecular weight is 269 g/mol. The molecule has 0 atom stereocenters. The first-order chi connectivity index (χ1) is 9.75. The molecule has 20 heavy (non-hydrogen) atoms. The Morgan fingerprint density at radius 2 is 2.15 bits per heavy atom. The van der Waals surface area contributed by atoms with Gasteiger partial charge in [-0.2, -0.15) is 0 Å². The van der Waals surface area contributed by atoms with Gasteiger partial charge in [0, 0.05) is 41.6 Å². The van der Waals surface area contributed by atoms with Gasteiger partial charge in [-0.1, -0.05) is 0 Å². The van der Waals surface area contributed by atoms with Crippen LogP contribution in [0.25, 0.3) is 10.8 Å². The number of nitro groups is 1. The Bertz CT molecular complexity index is 753. The lowest BCUT2D eigenvalue weighted by Gasteiger charge is -2.08. The molecule has 0 unspecified atom stereocenters. The molecule has 1 N–H and O–H groups in total. The molecule has 0 aliphatic heterocycles. The average Bonchev–Trinajstić information content (AvgIpc) is 2.97. The van der Waals surface area contributed by atoms with Crippen molar-refractivity contribution in [3.63, 3.8) is 0 Å². The first-order valence-corrected chi connectivity index (χ1v) is 6.02. The van der Waals surface area contributed by atoms with Gasteiger partial charge in [0.1, 0.15) is 0 Å². The molecule has 0 saturated heterocycles. The zero-order valence-corrected chi connectivity index (χ0v) is 10.4. The van der Waals surface area contributed by atoms with Crippen molar-refractivity contribution in [3.8, 4) is 0 Å². The van der Waals surface area contributed by atoms with Gasteiger partial charge in [-0.15, -0.1) is 0 Å². The van der Waals surface area contributed by atoms with E-state index in [0.717, 1.165) is 16.6 Å². The van der Waals surface area contributed by atoms with E-state index in [-0.39, 0.29) is 10.6 Å². The number of non-ortho nitro benzene ring substituents is 1. The Morgan fingerprint density at radius 3 is 2.90 bits per heavy atom. The minimum absolute atomic E-state index is 0.0799. The Morgan fingerprint density at radius 1 is 1.25 bits per heavy atom. The highest BCUT2D eigenvalue weighted by Gasteiger charge is 2.13. The second-order valence-corrected chi connectivity index (χ2v) is 4.30. The highest BCUT2D eigenvalue weighted by molar-refractivity contribution is 5.99. The molecule has 0 fully saturated rings. The van der Waals surface area contributed by atoms with Crippen LogP contribution in [0.3, 0.4) is 0 Å². The van der Waals surface area contributed by atoms with Crippen LogP contribution in [-0.4, -0.2) is 9.91 Å². The van der Waals surface area contributed by atoms with Crippen LogP contribution in [0, 0.1) is 10.1 Å². The topological polar surface area (TPSA) is 81.2 Å². The number of nitrogens with one attached hydrogen (secondary N) is 1. The van der Waals surface area contributed by atoms with Gasteiger partial charge in [-0.3, -0.25) is 15.1 Å². The maximum absolute atomic E-state index is 11.0. The van der Waals surface area contributed by atoms with E-state index in [1.165, 1.54) is 6.07 Å². The zero-order valence-electron chi connectivity index (χ0n) is 10.4. The molecule has 0 spiro atoms. The molecule has 6 heteroatoms. The zero-order chi connectivity index (χ0) is 13.9. The van der Waals surface area contributed by atoms with Crippen LogP contribution in [0.5, 0.6) is 0 Å². The van der Waals surface area contributed by atoms with Gasteiger partial charge in [0.25, 0.3) is 5.69 Å². The molecule has 2 heterocycles. The number of hydrogen-bond donors (Lipinski definition) is 1. The number of pyridine rings is 1. The Balaban J connectivity index is 1.99. The molecule has 0 amide bonds. The van der Waals surface area contributed by atoms with Crippen molar-refractivity contribution in [3.05, 3.63) is 64.9 Å². The molecule has 0 radical (unpaired) electrons. The number of rotatable bonds is 4. The predicted molar refractivity (Wildman–Crippen MR) is 74.4 cm³/mol. The van der Waals surface area contributed by atoms with Crippen LogP contribution in [0.1, 0.15) is 5.56 Å². The van der Waals surface area contributed by atoms with Gasteiger partial charge in [0.2, 0.25) is 0 Å². The Kier molecular flexibility index (Phi) is 3.04. The fraction of sp³-hybridized carbons (Fsp3) is 0.0714. The minimum atomic E-state index is -0.387. The van der Waals surface area contributed by atoms with E-state index in [2.05, 4.69) is 10.3 Å². The molecule has 3 aromatic rings. The molecule has 0 saturated carbocycles. The SMILES string of the molecule is O=[N+]([O-])c1ccc(NCc2ccoc2)c2cnccc12. The molecular weight excluding hydrogens is 258 g/mol. The van der Waals surface area contributed by atoms with Crippen LogP contribution >= 0.6 is 0 Å². The summed E-state index contributed by atoms with van der Waals surface area (Å²) in [5, 5.41) is 15.6. The number of benzene rings is 1. The van der Waals surface area contributed by atoms with Crippen molar-refractivity contribution in [2.75, 3.05) is 5.32 Å². The summed E-state index contributed by atoms with van der Waals surface area (Å²) >= 11 is 0. The van der Waals surface area contributed by atoms with E-state index in [4.69, 9.17) is 4.42 Å². The summed E-state index contributed by atoms with van der Waals surface area (Å²) in [6.07, 6.45) is 6.43. The van der Waals surface area contributed by atoms with Crippen molar-refractivity contribution < 1.29 is 9.34 Å². The summed E-state index contributed by atoms with van der Waals surface area (Å²) in [4.78, 5) is 14.7. The highest BCUT2D eigenvalue weighted by atomic mass is 16.6. The molecule has 0 aliphatic rings. The second kappa shape index (κ2) is 5.00. The quantitative estimate of drug-likeness (QED) is 0.580. The maximum atomic E-state index is 11.0. The lowest BCUT2D eigenvalue weighted by molar-refractivity contribution is -0.383. The third-order valence-electron chi connectivity index (χ3n) is 3.05. The molecule has 100 valence electrons. The number of nitrogens with zero attached hydrogens (tertiary/aromatic N) is 2. The van der Waals surface area contributed by atoms with E-state index in [0.29, 0.717) is 11.9 Å². The van der Waals surface area contributed by atoms with Gasteiger partial charge in [-0.25, -0.2) is 0 Å². The number of nitro benzene ring substituents is 1. The summed E-state index contributed by atoms with van der Waals surface area (Å²) in [5.74, 6) is 0. The lowest BCUT2D eigenvalue weighted by Crippen LogP contribution is -2.00. The van der Waals surface area contributed by atoms with E-state index in [1.807, 2.05) is 6.07 Å². The normalized spacial score (nSPS) is 10.6. The fourth-order valence-electron chi connectivity index (χ4n) is 2.08. The van der Waals surface area contributed by atoms with Crippen LogP contribution in [0.4, 0.5) is 11.4 Å². The van der Waals surface area contributed by atoms with E-state index < -0.39 is 0 Å². The molecule has 0 aliphatic carbocycles. The maximum Gasteiger partial charge on any atom is 0.277 e. The number of anilines is 1. The van der Waals surface area contributed by atoms with Crippen molar-refractivity contribution >= 4 is 22.1 Å². The van der Waals surface area contributed by atoms with Gasteiger partial charge < -0.3 is 9.73 Å². The molecule has 6 nitrogen and oxygen atoms in total. The second-order valence-electron chi connectivity index (χ2n) is 4.30. The lowest BCUT2D eigenvalue weighted by atomic mass is 10.1. The summed E-state index contributed by atoms with van der Waals surface area (Å²) in [5.41, 5.74) is 1.89. The van der Waals surface area contributed by atoms with Crippen molar-refractivity contribution in [1.29, 1.82) is 0 Å². The van der Waals surface area contributed by atoms with Crippen LogP contribution in [-0.2, 0) is 6.54 Å². The van der Waals surface area contributed by atoms with Crippen LogP contribution < -0.4 is 5.32 Å². The first-order valence-electron chi connectivity index (χ1n) is 6.02. The van der Waals surface area contributed by atoms with E-state index in [1.54, 1.807) is 37.1 Å². The fourth-order valence-corrected chi connectivity index (χ4v) is 2.08. The van der Waals surface area contributed by atoms with Gasteiger partial charge >= 0.3 is 0 Å². The summed E-state index contributed by atoms with van der Waals surface area (Å²) in [6, 6.07) is 6.71. The van der Waals surface area contributed by atoms with Gasteiger partial charge in [-0.05, 0) is 18.2 Å². The smallest absolute Gasteiger partial charge is 0.277 e. The molecule has 0 bridgehead atoms. The third kappa shape index (κ3) is 2.18. The van der Waals surface area contributed by atoms with Crippen molar-refractivity contribution in [2.45, 2.75) is 6.54 Å². The molecule has 2 aromatic heterocycles. The monoisotopic (exact) mass is 269 g/mol. The van der Waals surface area contributed by atoms with E-state index >= 15 is 0 Å². The number of fused-ring (bicyclic) bond motifs is 1. The third-order valence-corrected chi connectivity index (χ3v) is 3.05. The molecule has 1 aromatic carbocycles. The van der Waals surface area contributed by atoms with Gasteiger partial charge in [0.05, 0.1) is 22.8 Å². The van der Waals surface area contributed by atoms with E-state index in [9.17, 15) is 10.1 Å². The largest absolute Gasteiger partial charge is 0.472 e. The summed E-state index contributed by atoms with van der Waals surface area (Å²) in [7, 11) is 0. The Labute approximate surface area is 114 Å². The Hall–Kier alpha value is -2.89. The number of hydrogen-bond acceptors (Lipinski definition) is 5. The van der Waals surface area contributed by atoms with Gasteiger partial charge in [0.15, 0.2) is 0 Å². The first kappa shape index (κ1) is 12.2. The van der Waals surface area contributed by atoms with Crippen molar-refractivity contribution in [2.24, 2.45) is 0 Å².